The first-order chi connectivity index (χ1) is 18.3. The molecule has 1 saturated heterocycles. The molecule has 38 heavy (non-hydrogen) atoms. The molecule has 2 unspecified atom stereocenters. The second-order valence-electron chi connectivity index (χ2n) is 8.60. The molecular formula is C25H23F3N8OS. The Morgan fingerprint density at radius 2 is 1.87 bits per heavy atom. The minimum Gasteiger partial charge on any atom is -0.369 e. The number of nitrogens with zero attached hydrogens (tertiary/aromatic N) is 5. The molecule has 196 valence electrons. The van der Waals surface area contributed by atoms with Crippen LogP contribution in [0.3, 0.4) is 0 Å². The molecule has 1 aliphatic heterocycles. The summed E-state index contributed by atoms with van der Waals surface area (Å²) in [5.41, 5.74) is 3.69. The molecule has 5 rings (SSSR count). The van der Waals surface area contributed by atoms with E-state index in [0.29, 0.717) is 34.4 Å². The summed E-state index contributed by atoms with van der Waals surface area (Å²) in [6, 6.07) is 9.42. The molecule has 1 amide bonds. The van der Waals surface area contributed by atoms with Gasteiger partial charge in [-0.1, -0.05) is 18.2 Å². The Bertz CT molecular complexity index is 1450. The van der Waals surface area contributed by atoms with Gasteiger partial charge in [-0.15, -0.1) is 11.8 Å². The fraction of sp³-hybridized carbons (Fsp3) is 0.280. The van der Waals surface area contributed by atoms with E-state index in [1.54, 1.807) is 25.4 Å². The van der Waals surface area contributed by atoms with Crippen LogP contribution in [-0.4, -0.2) is 62.4 Å². The third-order valence-corrected chi connectivity index (χ3v) is 7.55. The van der Waals surface area contributed by atoms with Gasteiger partial charge in [0, 0.05) is 59.7 Å². The molecule has 0 spiro atoms. The molecule has 4 heterocycles. The number of rotatable bonds is 8. The first-order valence-corrected chi connectivity index (χ1v) is 12.7. The third-order valence-electron chi connectivity index (χ3n) is 6.03. The van der Waals surface area contributed by atoms with Crippen LogP contribution in [-0.2, 0) is 0 Å². The van der Waals surface area contributed by atoms with Crippen molar-refractivity contribution in [1.29, 1.82) is 0 Å². The van der Waals surface area contributed by atoms with Gasteiger partial charge in [0.25, 0.3) is 5.91 Å². The zero-order chi connectivity index (χ0) is 26.7. The van der Waals surface area contributed by atoms with Crippen LogP contribution >= 0.6 is 11.8 Å². The van der Waals surface area contributed by atoms with Gasteiger partial charge in [-0.05, 0) is 18.1 Å². The summed E-state index contributed by atoms with van der Waals surface area (Å²) >= 11 is 1.84. The maximum Gasteiger partial charge on any atom is 0.405 e. The molecule has 0 saturated carbocycles. The largest absolute Gasteiger partial charge is 0.405 e. The fourth-order valence-electron chi connectivity index (χ4n) is 4.14. The van der Waals surface area contributed by atoms with Crippen LogP contribution in [0.5, 0.6) is 0 Å². The van der Waals surface area contributed by atoms with Gasteiger partial charge in [-0.2, -0.15) is 13.2 Å². The lowest BCUT2D eigenvalue weighted by Crippen LogP contribution is -2.28. The van der Waals surface area contributed by atoms with Crippen LogP contribution in [0.15, 0.2) is 55.2 Å². The van der Waals surface area contributed by atoms with Crippen LogP contribution in [0.2, 0.25) is 0 Å². The lowest BCUT2D eigenvalue weighted by molar-refractivity contribution is -0.115. The van der Waals surface area contributed by atoms with Gasteiger partial charge in [0.05, 0.1) is 16.8 Å². The number of hydrogen-bond donors (Lipinski definition) is 3. The summed E-state index contributed by atoms with van der Waals surface area (Å²) in [6.45, 7) is -0.516. The topological polar surface area (TPSA) is 118 Å². The van der Waals surface area contributed by atoms with E-state index in [9.17, 15) is 18.0 Å². The summed E-state index contributed by atoms with van der Waals surface area (Å²) in [5.74, 6) is 0.379. The van der Waals surface area contributed by atoms with Crippen molar-refractivity contribution >= 4 is 40.3 Å². The van der Waals surface area contributed by atoms with Crippen molar-refractivity contribution in [3.8, 4) is 11.3 Å². The zero-order valence-corrected chi connectivity index (χ0v) is 21.0. The Balaban J connectivity index is 1.19. The number of fused-ring (bicyclic) bond motifs is 1. The van der Waals surface area contributed by atoms with Crippen LogP contribution in [0, 0.1) is 0 Å². The van der Waals surface area contributed by atoms with E-state index in [1.165, 1.54) is 18.7 Å². The monoisotopic (exact) mass is 540 g/mol. The van der Waals surface area contributed by atoms with Crippen molar-refractivity contribution < 1.29 is 18.0 Å². The SMILES string of the molecule is CNC(=O)c1ccnc2c(C3CC(CNc4cc(-c5cnc(NCC(F)(F)F)nc5)ncn4)S3)cccc12. The molecule has 3 aromatic heterocycles. The van der Waals surface area contributed by atoms with E-state index in [1.807, 2.05) is 23.9 Å². The standard InChI is InChI=1S/C25H23F3N8OS/c1-29-23(37)17-5-6-30-22-16(17)3-2-4-18(22)20-7-15(38-20)11-31-21-8-19(35-13-36-21)14-9-32-24(33-10-14)34-12-25(26,27)28/h2-6,8-10,13,15,20H,7,11-12H2,1H3,(H,29,37)(H,31,35,36)(H,32,33,34). The number of para-hydroxylation sites is 1. The molecule has 13 heteroatoms. The van der Waals surface area contributed by atoms with Crippen LogP contribution in [0.25, 0.3) is 22.2 Å². The predicted molar refractivity (Wildman–Crippen MR) is 140 cm³/mol. The van der Waals surface area contributed by atoms with Gasteiger partial charge >= 0.3 is 6.18 Å². The van der Waals surface area contributed by atoms with Crippen molar-refractivity contribution in [2.45, 2.75) is 23.1 Å². The van der Waals surface area contributed by atoms with Crippen LogP contribution in [0.4, 0.5) is 24.9 Å². The lowest BCUT2D eigenvalue weighted by atomic mass is 9.99. The highest BCUT2D eigenvalue weighted by Gasteiger charge is 2.32. The predicted octanol–water partition coefficient (Wildman–Crippen LogP) is 4.47. The van der Waals surface area contributed by atoms with Crippen molar-refractivity contribution in [2.24, 2.45) is 0 Å². The minimum absolute atomic E-state index is 0.110. The normalized spacial score (nSPS) is 17.1. The molecule has 3 N–H and O–H groups in total. The Labute approximate surface area is 220 Å². The molecule has 0 aliphatic carbocycles. The number of carbonyl (C=O) groups excluding carboxylic acids is 1. The maximum atomic E-state index is 12.4. The highest BCUT2D eigenvalue weighted by atomic mass is 32.2. The molecule has 1 aromatic carbocycles. The van der Waals surface area contributed by atoms with Gasteiger partial charge in [0.2, 0.25) is 5.95 Å². The number of aromatic nitrogens is 5. The molecule has 4 aromatic rings. The molecular weight excluding hydrogens is 517 g/mol. The highest BCUT2D eigenvalue weighted by Crippen LogP contribution is 2.50. The summed E-state index contributed by atoms with van der Waals surface area (Å²) in [7, 11) is 1.61. The average Bonchev–Trinajstić information content (AvgIpc) is 2.90. The van der Waals surface area contributed by atoms with Crippen LogP contribution in [0.1, 0.15) is 27.6 Å². The van der Waals surface area contributed by atoms with E-state index in [4.69, 9.17) is 0 Å². The minimum atomic E-state index is -4.35. The van der Waals surface area contributed by atoms with Crippen molar-refractivity contribution in [3.63, 3.8) is 0 Å². The summed E-state index contributed by atoms with van der Waals surface area (Å²) < 4.78 is 37.1. The molecule has 0 radical (unpaired) electrons. The smallest absolute Gasteiger partial charge is 0.369 e. The zero-order valence-electron chi connectivity index (χ0n) is 20.2. The number of alkyl halides is 3. The first kappa shape index (κ1) is 25.6. The Kier molecular flexibility index (Phi) is 7.27. The number of amides is 1. The molecule has 0 bridgehead atoms. The third kappa shape index (κ3) is 5.77. The Morgan fingerprint density at radius 1 is 1.08 bits per heavy atom. The summed E-state index contributed by atoms with van der Waals surface area (Å²) in [5, 5.41) is 9.62. The quantitative estimate of drug-likeness (QED) is 0.297. The first-order valence-electron chi connectivity index (χ1n) is 11.7. The number of thioether (sulfide) groups is 1. The van der Waals surface area contributed by atoms with Gasteiger partial charge < -0.3 is 16.0 Å². The number of halogens is 3. The molecule has 2 atom stereocenters. The molecule has 9 nitrogen and oxygen atoms in total. The van der Waals surface area contributed by atoms with E-state index >= 15 is 0 Å². The summed E-state index contributed by atoms with van der Waals surface area (Å²) in [4.78, 5) is 33.1. The number of nitrogens with one attached hydrogen (secondary N) is 3. The van der Waals surface area contributed by atoms with E-state index in [-0.39, 0.29) is 17.1 Å². The van der Waals surface area contributed by atoms with Gasteiger partial charge in [-0.25, -0.2) is 19.9 Å². The molecule has 1 aliphatic rings. The number of anilines is 2. The molecule has 1 fully saturated rings. The second-order valence-corrected chi connectivity index (χ2v) is 10.1. The number of hydrogen-bond acceptors (Lipinski definition) is 9. The van der Waals surface area contributed by atoms with E-state index in [0.717, 1.165) is 22.9 Å². The van der Waals surface area contributed by atoms with Gasteiger partial charge in [-0.3, -0.25) is 9.78 Å². The fourth-order valence-corrected chi connectivity index (χ4v) is 5.41. The number of carbonyl (C=O) groups is 1. The Morgan fingerprint density at radius 3 is 2.61 bits per heavy atom. The lowest BCUT2D eigenvalue weighted by Gasteiger charge is -2.35. The van der Waals surface area contributed by atoms with Gasteiger partial charge in [0.1, 0.15) is 18.7 Å². The van der Waals surface area contributed by atoms with E-state index in [2.05, 4.69) is 46.9 Å². The number of pyridine rings is 1. The highest BCUT2D eigenvalue weighted by molar-refractivity contribution is 8.01. The van der Waals surface area contributed by atoms with Gasteiger partial charge in [0.15, 0.2) is 0 Å². The van der Waals surface area contributed by atoms with Crippen molar-refractivity contribution in [3.05, 3.63) is 66.4 Å². The number of benzene rings is 1. The van der Waals surface area contributed by atoms with Crippen LogP contribution < -0.4 is 16.0 Å². The summed E-state index contributed by atoms with van der Waals surface area (Å²) in [6.07, 6.45) is 2.51. The second kappa shape index (κ2) is 10.8. The van der Waals surface area contributed by atoms with Crippen molar-refractivity contribution in [2.75, 3.05) is 30.8 Å². The average molecular weight is 541 g/mol. The Hall–Kier alpha value is -4.00. The van der Waals surface area contributed by atoms with E-state index < -0.39 is 12.7 Å². The maximum absolute atomic E-state index is 12.4. The van der Waals surface area contributed by atoms with Crippen molar-refractivity contribution in [1.82, 2.24) is 30.2 Å².